The summed E-state index contributed by atoms with van der Waals surface area (Å²) in [6.45, 7) is 7.63. The lowest BCUT2D eigenvalue weighted by atomic mass is 9.79. The number of nitrogens with zero attached hydrogens (tertiary/aromatic N) is 3. The smallest absolute Gasteiger partial charge is 0.353 e. The maximum absolute atomic E-state index is 12.5. The molecule has 4 heterocycles. The van der Waals surface area contributed by atoms with Gasteiger partial charge in [-0.3, -0.25) is 19.3 Å². The highest BCUT2D eigenvalue weighted by Gasteiger charge is 2.60. The zero-order valence-electron chi connectivity index (χ0n) is 23.1. The Morgan fingerprint density at radius 3 is 2.58 bits per heavy atom. The van der Waals surface area contributed by atoms with E-state index in [4.69, 9.17) is 5.11 Å². The van der Waals surface area contributed by atoms with Gasteiger partial charge in [0.05, 0.1) is 31.2 Å². The minimum Gasteiger partial charge on any atom is -0.477 e. The highest BCUT2D eigenvalue weighted by molar-refractivity contribution is 8.03. The molecule has 0 aromatic rings. The quantitative estimate of drug-likeness (QED) is 0.130. The van der Waals surface area contributed by atoms with Crippen molar-refractivity contribution < 1.29 is 34.5 Å². The van der Waals surface area contributed by atoms with Crippen LogP contribution >= 0.6 is 23.5 Å². The van der Waals surface area contributed by atoms with Crippen LogP contribution in [0.4, 0.5) is 0 Å². The van der Waals surface area contributed by atoms with E-state index in [0.717, 1.165) is 31.8 Å². The summed E-state index contributed by atoms with van der Waals surface area (Å²) in [7, 11) is 0. The van der Waals surface area contributed by atoms with Crippen molar-refractivity contribution in [1.29, 1.82) is 0 Å². The molecule has 3 amide bonds. The minimum atomic E-state index is -1.10. The third kappa shape index (κ3) is 6.96. The number of aliphatic hydroxyl groups excluding tert-OH is 2. The topological polar surface area (TPSA) is 163 Å². The third-order valence-corrected chi connectivity index (χ3v) is 10.8. The van der Waals surface area contributed by atoms with Gasteiger partial charge in [-0.1, -0.05) is 6.92 Å². The number of hydrogen-bond donors (Lipinski definition) is 5. The number of carboxylic acids is 1. The Bertz CT molecular complexity index is 1000. The van der Waals surface area contributed by atoms with Crippen molar-refractivity contribution in [2.75, 3.05) is 63.9 Å². The standard InChI is InChI=1S/C26H41N5O7S2/c1-15-22-21(16(2)33)25(36)31(22)23(26(37)38)24(15)40-18-11-17(27-12-18)14-39-10-3-19(34)28-13-20(35)30-6-4-29(5-7-30)8-9-32/h15-18,21-22,27,32-33H,3-14H2,1-2H3,(H,28,34)(H,37,38)/t15-,16-,17+,18+,21-,22-/m1/s1. The Kier molecular flexibility index (Phi) is 10.8. The minimum absolute atomic E-state index is 0.00103. The van der Waals surface area contributed by atoms with Crippen molar-refractivity contribution in [3.05, 3.63) is 10.6 Å². The molecule has 4 aliphatic heterocycles. The molecule has 40 heavy (non-hydrogen) atoms. The van der Waals surface area contributed by atoms with Crippen molar-refractivity contribution in [2.24, 2.45) is 11.8 Å². The van der Waals surface area contributed by atoms with Gasteiger partial charge in [0.15, 0.2) is 0 Å². The molecule has 0 saturated carbocycles. The number of amides is 3. The monoisotopic (exact) mass is 599 g/mol. The van der Waals surface area contributed by atoms with Gasteiger partial charge in [-0.2, -0.15) is 11.8 Å². The number of fused-ring (bicyclic) bond motifs is 1. The van der Waals surface area contributed by atoms with Crippen LogP contribution in [-0.4, -0.2) is 141 Å². The van der Waals surface area contributed by atoms with Gasteiger partial charge in [-0.15, -0.1) is 11.8 Å². The number of β-lactam (4-membered cyclic amide) rings is 1. The number of aliphatic carboxylic acids is 1. The fourth-order valence-corrected chi connectivity index (χ4v) is 8.54. The van der Waals surface area contributed by atoms with E-state index in [9.17, 15) is 29.4 Å². The molecule has 0 aromatic heterocycles. The van der Waals surface area contributed by atoms with Gasteiger partial charge in [-0.05, 0) is 13.3 Å². The molecule has 6 atom stereocenters. The van der Waals surface area contributed by atoms with Crippen LogP contribution in [0.3, 0.4) is 0 Å². The summed E-state index contributed by atoms with van der Waals surface area (Å²) in [5.74, 6) is -0.890. The summed E-state index contributed by atoms with van der Waals surface area (Å²) in [6, 6.07) is -0.0589. The molecule has 5 N–H and O–H groups in total. The van der Waals surface area contributed by atoms with E-state index in [1.165, 1.54) is 16.7 Å². The Balaban J connectivity index is 1.13. The molecule has 0 aromatic carbocycles. The van der Waals surface area contributed by atoms with Gasteiger partial charge in [0.1, 0.15) is 5.70 Å². The Morgan fingerprint density at radius 2 is 1.93 bits per heavy atom. The Morgan fingerprint density at radius 1 is 1.20 bits per heavy atom. The molecule has 3 fully saturated rings. The van der Waals surface area contributed by atoms with E-state index in [1.807, 2.05) is 6.92 Å². The highest BCUT2D eigenvalue weighted by Crippen LogP contribution is 2.51. The fourth-order valence-electron chi connectivity index (χ4n) is 5.98. The van der Waals surface area contributed by atoms with Gasteiger partial charge in [0.2, 0.25) is 17.7 Å². The zero-order chi connectivity index (χ0) is 29.0. The van der Waals surface area contributed by atoms with E-state index in [2.05, 4.69) is 15.5 Å². The molecule has 0 aliphatic carbocycles. The van der Waals surface area contributed by atoms with Crippen LogP contribution in [0.5, 0.6) is 0 Å². The van der Waals surface area contributed by atoms with Crippen LogP contribution < -0.4 is 10.6 Å². The van der Waals surface area contributed by atoms with Crippen molar-refractivity contribution in [2.45, 2.75) is 50.1 Å². The first-order valence-corrected chi connectivity index (χ1v) is 16.0. The predicted molar refractivity (Wildman–Crippen MR) is 152 cm³/mol. The van der Waals surface area contributed by atoms with Crippen LogP contribution in [0.1, 0.15) is 26.7 Å². The van der Waals surface area contributed by atoms with E-state index in [1.54, 1.807) is 23.6 Å². The Hall–Kier alpha value is -1.84. The Labute approximate surface area is 243 Å². The van der Waals surface area contributed by atoms with Gasteiger partial charge >= 0.3 is 5.97 Å². The van der Waals surface area contributed by atoms with Crippen LogP contribution in [0.25, 0.3) is 0 Å². The number of hydrogen-bond acceptors (Lipinski definition) is 10. The molecular formula is C26H41N5O7S2. The van der Waals surface area contributed by atoms with Crippen LogP contribution in [0.2, 0.25) is 0 Å². The number of nitrogens with one attached hydrogen (secondary N) is 2. The molecule has 0 bridgehead atoms. The lowest BCUT2D eigenvalue weighted by Gasteiger charge is -2.46. The summed E-state index contributed by atoms with van der Waals surface area (Å²) in [4.78, 5) is 55.1. The SMILES string of the molecule is C[C@@H](O)[C@H]1C(=O)N2C(C(=O)O)=C(S[C@@H]3CN[C@H](CSCCC(=O)NCC(=O)N4CCN(CCO)CC4)C3)[C@H](C)[C@H]12. The van der Waals surface area contributed by atoms with Crippen molar-refractivity contribution in [3.63, 3.8) is 0 Å². The van der Waals surface area contributed by atoms with Gasteiger partial charge in [0.25, 0.3) is 0 Å². The average molecular weight is 600 g/mol. The number of thioether (sulfide) groups is 2. The lowest BCUT2D eigenvalue weighted by molar-refractivity contribution is -0.163. The molecule has 14 heteroatoms. The molecule has 4 aliphatic rings. The summed E-state index contributed by atoms with van der Waals surface area (Å²) in [5, 5.41) is 35.3. The van der Waals surface area contributed by atoms with Crippen molar-refractivity contribution >= 4 is 47.2 Å². The highest BCUT2D eigenvalue weighted by atomic mass is 32.2. The third-order valence-electron chi connectivity index (χ3n) is 8.16. The first kappa shape index (κ1) is 31.1. The summed E-state index contributed by atoms with van der Waals surface area (Å²) >= 11 is 3.20. The normalized spacial score (nSPS) is 29.4. The number of carbonyl (C=O) groups excluding carboxylic acids is 3. The van der Waals surface area contributed by atoms with Gasteiger partial charge < -0.3 is 35.8 Å². The molecule has 12 nitrogen and oxygen atoms in total. The molecule has 0 spiro atoms. The molecule has 4 rings (SSSR count). The summed E-state index contributed by atoms with van der Waals surface area (Å²) < 4.78 is 0. The van der Waals surface area contributed by atoms with E-state index in [0.29, 0.717) is 36.7 Å². The second kappa shape index (κ2) is 13.9. The number of piperazine rings is 1. The maximum Gasteiger partial charge on any atom is 0.353 e. The predicted octanol–water partition coefficient (Wildman–Crippen LogP) is -1.02. The molecule has 3 saturated heterocycles. The molecular weight excluding hydrogens is 558 g/mol. The number of β-amino-alcohol motifs (C(OH)–C–C–N with tert-alkyl or cyclic N) is 1. The molecule has 224 valence electrons. The second-order valence-electron chi connectivity index (χ2n) is 10.9. The fraction of sp³-hybridized carbons (Fsp3) is 0.769. The number of rotatable bonds is 13. The second-order valence-corrected chi connectivity index (χ2v) is 13.4. The largest absolute Gasteiger partial charge is 0.477 e. The van der Waals surface area contributed by atoms with Crippen LogP contribution in [-0.2, 0) is 19.2 Å². The summed E-state index contributed by atoms with van der Waals surface area (Å²) in [5.41, 5.74) is 0.0654. The first-order valence-electron chi connectivity index (χ1n) is 14.0. The zero-order valence-corrected chi connectivity index (χ0v) is 24.7. The van der Waals surface area contributed by atoms with Gasteiger partial charge in [0, 0.05) is 79.3 Å². The number of carbonyl (C=O) groups is 4. The maximum atomic E-state index is 12.5. The first-order chi connectivity index (χ1) is 19.1. The molecule has 0 radical (unpaired) electrons. The number of aliphatic hydroxyl groups is 2. The van der Waals surface area contributed by atoms with Crippen molar-refractivity contribution in [3.8, 4) is 0 Å². The van der Waals surface area contributed by atoms with Crippen LogP contribution in [0.15, 0.2) is 10.6 Å². The van der Waals surface area contributed by atoms with Crippen LogP contribution in [0, 0.1) is 11.8 Å². The summed E-state index contributed by atoms with van der Waals surface area (Å²) in [6.07, 6.45) is 0.368. The lowest BCUT2D eigenvalue weighted by Crippen LogP contribution is -2.63. The number of carboxylic acid groups (broad SMARTS) is 1. The van der Waals surface area contributed by atoms with E-state index in [-0.39, 0.29) is 59.8 Å². The van der Waals surface area contributed by atoms with Gasteiger partial charge in [-0.25, -0.2) is 4.79 Å². The van der Waals surface area contributed by atoms with Crippen molar-refractivity contribution in [1.82, 2.24) is 25.3 Å². The van der Waals surface area contributed by atoms with E-state index >= 15 is 0 Å². The average Bonchev–Trinajstić information content (AvgIpc) is 3.46. The molecule has 0 unspecified atom stereocenters. The van der Waals surface area contributed by atoms with E-state index < -0.39 is 18.0 Å².